The Kier molecular flexibility index (Phi) is 3.94. The molecule has 5 nitrogen and oxygen atoms in total. The van der Waals surface area contributed by atoms with Gasteiger partial charge >= 0.3 is 0 Å². The molecule has 0 amide bonds. The summed E-state index contributed by atoms with van der Waals surface area (Å²) in [6.45, 7) is 10.6. The highest BCUT2D eigenvalue weighted by molar-refractivity contribution is 5.33. The molecule has 15 heavy (non-hydrogen) atoms. The number of hydrogen-bond donors (Lipinski definition) is 2. The van der Waals surface area contributed by atoms with Gasteiger partial charge in [-0.1, -0.05) is 27.7 Å². The van der Waals surface area contributed by atoms with Crippen LogP contribution in [0.2, 0.25) is 0 Å². The predicted molar refractivity (Wildman–Crippen MR) is 62.7 cm³/mol. The molecule has 1 rings (SSSR count). The van der Waals surface area contributed by atoms with Crippen LogP contribution >= 0.6 is 0 Å². The van der Waals surface area contributed by atoms with Gasteiger partial charge in [0.15, 0.2) is 0 Å². The molecule has 1 aromatic rings. The Hall–Kier alpha value is -1.26. The maximum Gasteiger partial charge on any atom is 0.246 e. The number of aromatic nitrogens is 3. The summed E-state index contributed by atoms with van der Waals surface area (Å²) in [7, 11) is 0. The van der Waals surface area contributed by atoms with E-state index in [2.05, 4.69) is 47.8 Å². The Labute approximate surface area is 91.1 Å². The van der Waals surface area contributed by atoms with Crippen LogP contribution in [0.1, 0.15) is 27.7 Å². The zero-order chi connectivity index (χ0) is 11.4. The number of hydrogen-bond acceptors (Lipinski definition) is 4. The van der Waals surface area contributed by atoms with Crippen LogP contribution in [0.15, 0.2) is 0 Å². The van der Waals surface area contributed by atoms with Crippen molar-refractivity contribution in [3.63, 3.8) is 0 Å². The first-order valence-electron chi connectivity index (χ1n) is 5.42. The minimum atomic E-state index is 0.377. The second-order valence-corrected chi connectivity index (χ2v) is 4.71. The molecule has 0 fully saturated rings. The van der Waals surface area contributed by atoms with Crippen molar-refractivity contribution in [2.24, 2.45) is 11.8 Å². The van der Waals surface area contributed by atoms with Gasteiger partial charge in [-0.05, 0) is 11.8 Å². The molecule has 0 radical (unpaired) electrons. The average molecular weight is 211 g/mol. The standard InChI is InChI=1S/C10H21N5/c1-7(2)5-15(6-8(3)4)10-12-9(11)13-14-10/h7-8H,5-6H2,1-4H3,(H3,11,12,13,14). The summed E-state index contributed by atoms with van der Waals surface area (Å²) in [6, 6.07) is 0. The fraction of sp³-hybridized carbons (Fsp3) is 0.800. The van der Waals surface area contributed by atoms with Crippen molar-refractivity contribution >= 4 is 11.9 Å². The number of nitrogens with two attached hydrogens (primary N) is 1. The number of aromatic amines is 1. The minimum Gasteiger partial charge on any atom is -0.368 e. The fourth-order valence-electron chi connectivity index (χ4n) is 1.53. The van der Waals surface area contributed by atoms with Gasteiger partial charge in [0.1, 0.15) is 0 Å². The molecule has 0 spiro atoms. The number of nitrogens with one attached hydrogen (secondary N) is 1. The average Bonchev–Trinajstić information content (AvgIpc) is 2.48. The molecular weight excluding hydrogens is 190 g/mol. The molecule has 0 unspecified atom stereocenters. The summed E-state index contributed by atoms with van der Waals surface area (Å²) in [5.41, 5.74) is 5.52. The van der Waals surface area contributed by atoms with Gasteiger partial charge in [0.05, 0.1) is 0 Å². The summed E-state index contributed by atoms with van der Waals surface area (Å²) in [5.74, 6) is 2.25. The van der Waals surface area contributed by atoms with E-state index in [0.717, 1.165) is 13.1 Å². The summed E-state index contributed by atoms with van der Waals surface area (Å²) in [4.78, 5) is 6.32. The second kappa shape index (κ2) is 5.00. The molecule has 0 aliphatic rings. The summed E-state index contributed by atoms with van der Waals surface area (Å²) < 4.78 is 0. The lowest BCUT2D eigenvalue weighted by molar-refractivity contribution is 0.545. The van der Waals surface area contributed by atoms with Crippen molar-refractivity contribution in [1.29, 1.82) is 0 Å². The van der Waals surface area contributed by atoms with Gasteiger partial charge < -0.3 is 10.6 Å². The van der Waals surface area contributed by atoms with Gasteiger partial charge in [0, 0.05) is 13.1 Å². The minimum absolute atomic E-state index is 0.377. The van der Waals surface area contributed by atoms with Crippen LogP contribution in [0.3, 0.4) is 0 Å². The summed E-state index contributed by atoms with van der Waals surface area (Å²) in [5, 5.41) is 6.76. The monoisotopic (exact) mass is 211 g/mol. The summed E-state index contributed by atoms with van der Waals surface area (Å²) >= 11 is 0. The van der Waals surface area contributed by atoms with Gasteiger partial charge in [-0.2, -0.15) is 4.98 Å². The highest BCUT2D eigenvalue weighted by Crippen LogP contribution is 2.12. The molecule has 0 saturated carbocycles. The van der Waals surface area contributed by atoms with E-state index in [9.17, 15) is 0 Å². The van der Waals surface area contributed by atoms with Gasteiger partial charge in [-0.3, -0.25) is 0 Å². The first kappa shape index (κ1) is 11.8. The highest BCUT2D eigenvalue weighted by Gasteiger charge is 2.14. The van der Waals surface area contributed by atoms with E-state index in [4.69, 9.17) is 5.73 Å². The van der Waals surface area contributed by atoms with Crippen LogP contribution in [0.4, 0.5) is 11.9 Å². The molecular formula is C10H21N5. The molecule has 0 aromatic carbocycles. The van der Waals surface area contributed by atoms with E-state index in [1.54, 1.807) is 0 Å². The van der Waals surface area contributed by atoms with Crippen LogP contribution in [-0.4, -0.2) is 28.3 Å². The van der Waals surface area contributed by atoms with Crippen molar-refractivity contribution in [2.45, 2.75) is 27.7 Å². The molecule has 0 aliphatic heterocycles. The number of H-pyrrole nitrogens is 1. The normalized spacial score (nSPS) is 11.3. The maximum absolute atomic E-state index is 5.52. The first-order chi connectivity index (χ1) is 6.99. The van der Waals surface area contributed by atoms with Crippen LogP contribution in [-0.2, 0) is 0 Å². The van der Waals surface area contributed by atoms with E-state index in [1.165, 1.54) is 0 Å². The highest BCUT2D eigenvalue weighted by atomic mass is 15.4. The Bertz CT molecular complexity index is 282. The number of rotatable bonds is 5. The van der Waals surface area contributed by atoms with E-state index >= 15 is 0 Å². The van der Waals surface area contributed by atoms with Crippen LogP contribution in [0, 0.1) is 11.8 Å². The predicted octanol–water partition coefficient (Wildman–Crippen LogP) is 1.51. The molecule has 5 heteroatoms. The number of nitrogen functional groups attached to an aromatic ring is 1. The molecule has 86 valence electrons. The smallest absolute Gasteiger partial charge is 0.246 e. The lowest BCUT2D eigenvalue weighted by atomic mass is 10.1. The largest absolute Gasteiger partial charge is 0.368 e. The maximum atomic E-state index is 5.52. The van der Waals surface area contributed by atoms with Crippen molar-refractivity contribution < 1.29 is 0 Å². The van der Waals surface area contributed by atoms with Crippen molar-refractivity contribution in [3.8, 4) is 0 Å². The molecule has 0 bridgehead atoms. The first-order valence-corrected chi connectivity index (χ1v) is 5.42. The third-order valence-electron chi connectivity index (χ3n) is 1.94. The lowest BCUT2D eigenvalue weighted by Crippen LogP contribution is -2.32. The van der Waals surface area contributed by atoms with Crippen LogP contribution in [0.5, 0.6) is 0 Å². The zero-order valence-electron chi connectivity index (χ0n) is 9.99. The molecule has 0 aliphatic carbocycles. The zero-order valence-corrected chi connectivity index (χ0v) is 9.99. The second-order valence-electron chi connectivity index (χ2n) is 4.71. The van der Waals surface area contributed by atoms with Gasteiger partial charge in [-0.25, -0.2) is 5.10 Å². The van der Waals surface area contributed by atoms with Gasteiger partial charge in [0.25, 0.3) is 0 Å². The Morgan fingerprint density at radius 1 is 1.20 bits per heavy atom. The van der Waals surface area contributed by atoms with E-state index in [1.807, 2.05) is 0 Å². The van der Waals surface area contributed by atoms with Crippen LogP contribution < -0.4 is 10.6 Å². The van der Waals surface area contributed by atoms with E-state index in [-0.39, 0.29) is 0 Å². The number of nitrogens with zero attached hydrogens (tertiary/aromatic N) is 3. The van der Waals surface area contributed by atoms with Crippen molar-refractivity contribution in [1.82, 2.24) is 15.2 Å². The molecule has 1 heterocycles. The molecule has 3 N–H and O–H groups in total. The molecule has 0 saturated heterocycles. The van der Waals surface area contributed by atoms with Crippen molar-refractivity contribution in [2.75, 3.05) is 23.7 Å². The van der Waals surface area contributed by atoms with Crippen LogP contribution in [0.25, 0.3) is 0 Å². The van der Waals surface area contributed by atoms with E-state index < -0.39 is 0 Å². The van der Waals surface area contributed by atoms with E-state index in [0.29, 0.717) is 23.7 Å². The number of anilines is 2. The third-order valence-corrected chi connectivity index (χ3v) is 1.94. The third kappa shape index (κ3) is 3.77. The molecule has 1 aromatic heterocycles. The SMILES string of the molecule is CC(C)CN(CC(C)C)c1n[nH]c(N)n1. The topological polar surface area (TPSA) is 70.8 Å². The molecule has 0 atom stereocenters. The fourth-order valence-corrected chi connectivity index (χ4v) is 1.53. The Morgan fingerprint density at radius 2 is 1.73 bits per heavy atom. The Morgan fingerprint density at radius 3 is 2.07 bits per heavy atom. The summed E-state index contributed by atoms with van der Waals surface area (Å²) in [6.07, 6.45) is 0. The lowest BCUT2D eigenvalue weighted by Gasteiger charge is -2.24. The Balaban J connectivity index is 2.71. The van der Waals surface area contributed by atoms with Gasteiger partial charge in [-0.15, -0.1) is 5.10 Å². The quantitative estimate of drug-likeness (QED) is 0.774. The van der Waals surface area contributed by atoms with Gasteiger partial charge in [0.2, 0.25) is 11.9 Å². The van der Waals surface area contributed by atoms with Crippen molar-refractivity contribution in [3.05, 3.63) is 0 Å².